The molecular formula is C19H25N3. The molecule has 1 aromatic rings. The number of nitrogens with one attached hydrogen (secondary N) is 1. The highest BCUT2D eigenvalue weighted by Crippen LogP contribution is 2.44. The molecule has 0 aromatic heterocycles. The van der Waals surface area contributed by atoms with E-state index in [1.807, 2.05) is 0 Å². The highest BCUT2D eigenvalue weighted by Gasteiger charge is 2.35. The fourth-order valence-corrected chi connectivity index (χ4v) is 3.31. The molecule has 1 N–H and O–H groups in total. The van der Waals surface area contributed by atoms with Crippen LogP contribution in [0.25, 0.3) is 0 Å². The van der Waals surface area contributed by atoms with Crippen LogP contribution in [0.5, 0.6) is 0 Å². The number of benzene rings is 1. The number of piperidine rings is 1. The summed E-state index contributed by atoms with van der Waals surface area (Å²) in [5.74, 6) is 1.52. The number of nitrogens with zero attached hydrogens (tertiary/aromatic N) is 2. The SMILES string of the molecule is C=C1CCC(N2C(=C)N(C)c3ccc(C(C)C)cc32)C(=C)N1. The van der Waals surface area contributed by atoms with Crippen molar-refractivity contribution >= 4 is 11.4 Å². The Labute approximate surface area is 133 Å². The first-order valence-corrected chi connectivity index (χ1v) is 7.89. The van der Waals surface area contributed by atoms with Gasteiger partial charge in [-0.2, -0.15) is 0 Å². The molecule has 1 fully saturated rings. The van der Waals surface area contributed by atoms with E-state index in [0.717, 1.165) is 30.1 Å². The summed E-state index contributed by atoms with van der Waals surface area (Å²) >= 11 is 0. The molecule has 1 aromatic carbocycles. The van der Waals surface area contributed by atoms with Gasteiger partial charge >= 0.3 is 0 Å². The van der Waals surface area contributed by atoms with E-state index < -0.39 is 0 Å². The average Bonchev–Trinajstić information content (AvgIpc) is 2.71. The Morgan fingerprint density at radius 2 is 1.91 bits per heavy atom. The van der Waals surface area contributed by atoms with Crippen LogP contribution in [0.1, 0.15) is 38.2 Å². The fourth-order valence-electron chi connectivity index (χ4n) is 3.31. The van der Waals surface area contributed by atoms with Crippen molar-refractivity contribution < 1.29 is 0 Å². The smallest absolute Gasteiger partial charge is 0.106 e. The molecule has 2 aliphatic heterocycles. The van der Waals surface area contributed by atoms with Gasteiger partial charge in [0.25, 0.3) is 0 Å². The summed E-state index contributed by atoms with van der Waals surface area (Å²) < 4.78 is 0. The van der Waals surface area contributed by atoms with E-state index in [-0.39, 0.29) is 6.04 Å². The molecule has 0 bridgehead atoms. The van der Waals surface area contributed by atoms with Crippen LogP contribution < -0.4 is 15.1 Å². The van der Waals surface area contributed by atoms with Gasteiger partial charge in [0.15, 0.2) is 0 Å². The van der Waals surface area contributed by atoms with Gasteiger partial charge < -0.3 is 15.1 Å². The van der Waals surface area contributed by atoms with Crippen LogP contribution in [0.3, 0.4) is 0 Å². The molecule has 0 aliphatic carbocycles. The van der Waals surface area contributed by atoms with Crippen LogP contribution >= 0.6 is 0 Å². The Morgan fingerprint density at radius 1 is 1.18 bits per heavy atom. The number of anilines is 2. The van der Waals surface area contributed by atoms with Gasteiger partial charge in [-0.1, -0.05) is 39.7 Å². The topological polar surface area (TPSA) is 18.5 Å². The predicted molar refractivity (Wildman–Crippen MR) is 95.0 cm³/mol. The second-order valence-electron chi connectivity index (χ2n) is 6.56. The number of hydrogen-bond acceptors (Lipinski definition) is 3. The minimum absolute atomic E-state index is 0.226. The number of fused-ring (bicyclic) bond motifs is 1. The summed E-state index contributed by atoms with van der Waals surface area (Å²) in [5.41, 5.74) is 5.86. The van der Waals surface area contributed by atoms with Gasteiger partial charge in [0, 0.05) is 18.4 Å². The zero-order valence-electron chi connectivity index (χ0n) is 13.8. The molecule has 0 saturated carbocycles. The van der Waals surface area contributed by atoms with E-state index in [9.17, 15) is 0 Å². The van der Waals surface area contributed by atoms with Gasteiger partial charge in [0.1, 0.15) is 5.82 Å². The molecule has 3 nitrogen and oxygen atoms in total. The van der Waals surface area contributed by atoms with Crippen molar-refractivity contribution in [3.8, 4) is 0 Å². The van der Waals surface area contributed by atoms with Gasteiger partial charge in [-0.15, -0.1) is 0 Å². The Balaban J connectivity index is 2.03. The summed E-state index contributed by atoms with van der Waals surface area (Å²) in [6.07, 6.45) is 1.99. The van der Waals surface area contributed by atoms with E-state index in [1.165, 1.54) is 16.9 Å². The zero-order chi connectivity index (χ0) is 16.0. The molecule has 0 radical (unpaired) electrons. The highest BCUT2D eigenvalue weighted by molar-refractivity contribution is 5.83. The minimum Gasteiger partial charge on any atom is -0.362 e. The summed E-state index contributed by atoms with van der Waals surface area (Å²) in [4.78, 5) is 4.49. The van der Waals surface area contributed by atoms with Gasteiger partial charge in [0.05, 0.1) is 17.4 Å². The van der Waals surface area contributed by atoms with Gasteiger partial charge in [-0.3, -0.25) is 0 Å². The monoisotopic (exact) mass is 295 g/mol. The van der Waals surface area contributed by atoms with Gasteiger partial charge in [0.2, 0.25) is 0 Å². The first kappa shape index (κ1) is 14.8. The molecule has 2 heterocycles. The van der Waals surface area contributed by atoms with Crippen molar-refractivity contribution in [1.82, 2.24) is 5.32 Å². The lowest BCUT2D eigenvalue weighted by Gasteiger charge is -2.36. The van der Waals surface area contributed by atoms with E-state index >= 15 is 0 Å². The zero-order valence-corrected chi connectivity index (χ0v) is 13.8. The minimum atomic E-state index is 0.226. The normalized spacial score (nSPS) is 21.5. The maximum absolute atomic E-state index is 4.30. The van der Waals surface area contributed by atoms with Gasteiger partial charge in [-0.05, 0) is 36.5 Å². The first-order valence-electron chi connectivity index (χ1n) is 7.89. The second kappa shape index (κ2) is 5.24. The van der Waals surface area contributed by atoms with E-state index in [4.69, 9.17) is 0 Å². The quantitative estimate of drug-likeness (QED) is 0.876. The standard InChI is InChI=1S/C19H25N3/c1-12(2)16-8-10-18-19(11-16)22(15(5)21(18)6)17-9-7-13(3)20-14(17)4/h8,10-12,17,20H,3-5,7,9H2,1-2,6H3. The van der Waals surface area contributed by atoms with Crippen molar-refractivity contribution in [2.45, 2.75) is 38.6 Å². The number of allylic oxidation sites excluding steroid dienone is 1. The van der Waals surface area contributed by atoms with Crippen molar-refractivity contribution in [1.29, 1.82) is 0 Å². The highest BCUT2D eigenvalue weighted by atomic mass is 15.4. The third-order valence-corrected chi connectivity index (χ3v) is 4.72. The molecule has 116 valence electrons. The lowest BCUT2D eigenvalue weighted by atomic mass is 9.98. The molecule has 1 atom stereocenters. The summed E-state index contributed by atoms with van der Waals surface area (Å²) in [6, 6.07) is 6.94. The molecule has 0 spiro atoms. The largest absolute Gasteiger partial charge is 0.362 e. The molecule has 3 rings (SSSR count). The van der Waals surface area contributed by atoms with Crippen molar-refractivity contribution in [3.05, 3.63) is 60.7 Å². The van der Waals surface area contributed by atoms with E-state index in [2.05, 4.69) is 73.9 Å². The average molecular weight is 295 g/mol. The van der Waals surface area contributed by atoms with Crippen molar-refractivity contribution in [2.75, 3.05) is 16.8 Å². The molecule has 1 unspecified atom stereocenters. The van der Waals surface area contributed by atoms with E-state index in [0.29, 0.717) is 5.92 Å². The molecule has 3 heteroatoms. The maximum Gasteiger partial charge on any atom is 0.106 e. The van der Waals surface area contributed by atoms with Crippen LogP contribution in [-0.2, 0) is 0 Å². The Kier molecular flexibility index (Phi) is 3.51. The van der Waals surface area contributed by atoms with Crippen molar-refractivity contribution in [3.63, 3.8) is 0 Å². The third kappa shape index (κ3) is 2.21. The van der Waals surface area contributed by atoms with Crippen LogP contribution in [0.15, 0.2) is 55.2 Å². The Bertz CT molecular complexity index is 657. The lowest BCUT2D eigenvalue weighted by molar-refractivity contribution is 0.565. The Morgan fingerprint density at radius 3 is 2.55 bits per heavy atom. The molecule has 0 amide bonds. The van der Waals surface area contributed by atoms with Crippen LogP contribution in [0.4, 0.5) is 11.4 Å². The fraction of sp³-hybridized carbons (Fsp3) is 0.368. The van der Waals surface area contributed by atoms with Crippen LogP contribution in [-0.4, -0.2) is 13.1 Å². The molecule has 22 heavy (non-hydrogen) atoms. The van der Waals surface area contributed by atoms with Crippen LogP contribution in [0, 0.1) is 0 Å². The van der Waals surface area contributed by atoms with Crippen LogP contribution in [0.2, 0.25) is 0 Å². The van der Waals surface area contributed by atoms with Crippen molar-refractivity contribution in [2.24, 2.45) is 0 Å². The summed E-state index contributed by atoms with van der Waals surface area (Å²) in [5, 5.41) is 3.32. The number of rotatable bonds is 2. The second-order valence-corrected chi connectivity index (χ2v) is 6.56. The lowest BCUT2D eigenvalue weighted by Crippen LogP contribution is -2.42. The van der Waals surface area contributed by atoms with Gasteiger partial charge in [-0.25, -0.2) is 0 Å². The third-order valence-electron chi connectivity index (χ3n) is 4.72. The molecular weight excluding hydrogens is 270 g/mol. The maximum atomic E-state index is 4.30. The number of hydrogen-bond donors (Lipinski definition) is 1. The predicted octanol–water partition coefficient (Wildman–Crippen LogP) is 4.32. The Hall–Kier alpha value is -2.16. The first-order chi connectivity index (χ1) is 10.4. The summed E-state index contributed by atoms with van der Waals surface area (Å²) in [6.45, 7) is 17.0. The molecule has 1 saturated heterocycles. The summed E-state index contributed by atoms with van der Waals surface area (Å²) in [7, 11) is 2.08. The van der Waals surface area contributed by atoms with E-state index in [1.54, 1.807) is 0 Å². The molecule has 2 aliphatic rings.